The number of morpholine rings is 1. The molecule has 1 saturated heterocycles. The first-order chi connectivity index (χ1) is 14.2. The van der Waals surface area contributed by atoms with Crippen molar-refractivity contribution in [2.45, 2.75) is 13.5 Å². The van der Waals surface area contributed by atoms with E-state index in [2.05, 4.69) is 40.4 Å². The van der Waals surface area contributed by atoms with E-state index in [9.17, 15) is 4.79 Å². The summed E-state index contributed by atoms with van der Waals surface area (Å²) in [5.41, 5.74) is 3.64. The number of aryl methyl sites for hydroxylation is 1. The van der Waals surface area contributed by atoms with Crippen LogP contribution in [0.1, 0.15) is 21.6 Å². The van der Waals surface area contributed by atoms with Crippen molar-refractivity contribution in [3.05, 3.63) is 77.5 Å². The minimum atomic E-state index is -0.0912. The third-order valence-corrected chi connectivity index (χ3v) is 4.83. The molecule has 6 nitrogen and oxygen atoms in total. The van der Waals surface area contributed by atoms with Crippen molar-refractivity contribution in [3.8, 4) is 11.4 Å². The Hall–Kier alpha value is -3.25. The molecule has 1 fully saturated rings. The number of rotatable bonds is 5. The number of aromatic nitrogens is 2. The standard InChI is InChI=1S/C23H24N4O2/c1-17-6-5-7-18(14-17)16-24-21-15-20(23(28)27-10-12-29-13-11-27)25-22(26-21)19-8-3-2-4-9-19/h2-9,14-15H,10-13,16H2,1H3,(H,24,25,26). The van der Waals surface area contributed by atoms with Crippen LogP contribution < -0.4 is 5.32 Å². The van der Waals surface area contributed by atoms with Gasteiger partial charge >= 0.3 is 0 Å². The summed E-state index contributed by atoms with van der Waals surface area (Å²) in [5, 5.41) is 3.35. The van der Waals surface area contributed by atoms with E-state index in [1.165, 1.54) is 5.56 Å². The van der Waals surface area contributed by atoms with Gasteiger partial charge in [0, 0.05) is 31.3 Å². The lowest BCUT2D eigenvalue weighted by Crippen LogP contribution is -2.41. The zero-order chi connectivity index (χ0) is 20.1. The molecule has 29 heavy (non-hydrogen) atoms. The van der Waals surface area contributed by atoms with Crippen LogP contribution in [0.25, 0.3) is 11.4 Å². The molecule has 6 heteroatoms. The second-order valence-electron chi connectivity index (χ2n) is 7.08. The minimum absolute atomic E-state index is 0.0912. The molecule has 1 N–H and O–H groups in total. The van der Waals surface area contributed by atoms with Gasteiger partial charge in [0.25, 0.3) is 5.91 Å². The van der Waals surface area contributed by atoms with Crippen LogP contribution >= 0.6 is 0 Å². The molecule has 4 rings (SSSR count). The zero-order valence-electron chi connectivity index (χ0n) is 16.5. The Morgan fingerprint density at radius 3 is 2.59 bits per heavy atom. The van der Waals surface area contributed by atoms with Gasteiger partial charge < -0.3 is 15.0 Å². The van der Waals surface area contributed by atoms with E-state index in [0.717, 1.165) is 11.1 Å². The molecule has 1 aromatic heterocycles. The molecule has 1 aliphatic rings. The highest BCUT2D eigenvalue weighted by Gasteiger charge is 2.21. The van der Waals surface area contributed by atoms with Crippen molar-refractivity contribution in [1.82, 2.24) is 14.9 Å². The Bertz CT molecular complexity index is 985. The lowest BCUT2D eigenvalue weighted by molar-refractivity contribution is 0.0299. The average Bonchev–Trinajstić information content (AvgIpc) is 2.78. The summed E-state index contributed by atoms with van der Waals surface area (Å²) in [5.74, 6) is 1.08. The SMILES string of the molecule is Cc1cccc(CNc2cc(C(=O)N3CCOCC3)nc(-c3ccccc3)n2)c1. The van der Waals surface area contributed by atoms with Crippen molar-refractivity contribution >= 4 is 11.7 Å². The van der Waals surface area contributed by atoms with Crippen molar-refractivity contribution < 1.29 is 9.53 Å². The summed E-state index contributed by atoms with van der Waals surface area (Å²) in [6.07, 6.45) is 0. The number of amides is 1. The van der Waals surface area contributed by atoms with E-state index in [4.69, 9.17) is 4.74 Å². The van der Waals surface area contributed by atoms with E-state index < -0.39 is 0 Å². The van der Waals surface area contributed by atoms with Gasteiger partial charge in [-0.15, -0.1) is 0 Å². The summed E-state index contributed by atoms with van der Waals surface area (Å²) in [4.78, 5) is 24.0. The number of carbonyl (C=O) groups is 1. The van der Waals surface area contributed by atoms with Gasteiger partial charge in [-0.2, -0.15) is 0 Å². The Morgan fingerprint density at radius 2 is 1.83 bits per heavy atom. The molecule has 2 aromatic carbocycles. The van der Waals surface area contributed by atoms with Crippen LogP contribution in [0.15, 0.2) is 60.7 Å². The van der Waals surface area contributed by atoms with Crippen LogP contribution in [0.4, 0.5) is 5.82 Å². The van der Waals surface area contributed by atoms with Crippen molar-refractivity contribution in [1.29, 1.82) is 0 Å². The quantitative estimate of drug-likeness (QED) is 0.724. The van der Waals surface area contributed by atoms with Crippen LogP contribution in [-0.2, 0) is 11.3 Å². The van der Waals surface area contributed by atoms with Gasteiger partial charge in [0.05, 0.1) is 13.2 Å². The number of ether oxygens (including phenoxy) is 1. The molecule has 3 aromatic rings. The fraction of sp³-hybridized carbons (Fsp3) is 0.261. The Kier molecular flexibility index (Phi) is 5.81. The third-order valence-electron chi connectivity index (χ3n) is 4.83. The van der Waals surface area contributed by atoms with E-state index in [-0.39, 0.29) is 5.91 Å². The first-order valence-corrected chi connectivity index (χ1v) is 9.80. The monoisotopic (exact) mass is 388 g/mol. The zero-order valence-corrected chi connectivity index (χ0v) is 16.5. The maximum atomic E-state index is 13.0. The number of nitrogens with zero attached hydrogens (tertiary/aromatic N) is 3. The second-order valence-corrected chi connectivity index (χ2v) is 7.08. The summed E-state index contributed by atoms with van der Waals surface area (Å²) in [7, 11) is 0. The topological polar surface area (TPSA) is 67.4 Å². The van der Waals surface area contributed by atoms with E-state index >= 15 is 0 Å². The normalized spacial score (nSPS) is 13.9. The first-order valence-electron chi connectivity index (χ1n) is 9.80. The lowest BCUT2D eigenvalue weighted by Gasteiger charge is -2.26. The fourth-order valence-electron chi connectivity index (χ4n) is 3.31. The number of carbonyl (C=O) groups excluding carboxylic acids is 1. The molecule has 148 valence electrons. The summed E-state index contributed by atoms with van der Waals surface area (Å²) < 4.78 is 5.36. The van der Waals surface area contributed by atoms with Crippen LogP contribution in [0, 0.1) is 6.92 Å². The molecule has 0 atom stereocenters. The van der Waals surface area contributed by atoms with Gasteiger partial charge in [-0.25, -0.2) is 9.97 Å². The highest BCUT2D eigenvalue weighted by atomic mass is 16.5. The number of hydrogen-bond acceptors (Lipinski definition) is 5. The van der Waals surface area contributed by atoms with Crippen molar-refractivity contribution in [2.24, 2.45) is 0 Å². The van der Waals surface area contributed by atoms with Gasteiger partial charge in [-0.05, 0) is 12.5 Å². The van der Waals surface area contributed by atoms with Crippen LogP contribution in [0.3, 0.4) is 0 Å². The van der Waals surface area contributed by atoms with Crippen molar-refractivity contribution in [2.75, 3.05) is 31.6 Å². The smallest absolute Gasteiger partial charge is 0.272 e. The van der Waals surface area contributed by atoms with Gasteiger partial charge in [0.15, 0.2) is 5.82 Å². The van der Waals surface area contributed by atoms with Crippen LogP contribution in [0.5, 0.6) is 0 Å². The largest absolute Gasteiger partial charge is 0.378 e. The maximum absolute atomic E-state index is 13.0. The minimum Gasteiger partial charge on any atom is -0.378 e. The molecular weight excluding hydrogens is 364 g/mol. The number of benzene rings is 2. The van der Waals surface area contributed by atoms with Crippen LogP contribution in [0.2, 0.25) is 0 Å². The van der Waals surface area contributed by atoms with E-state index in [1.54, 1.807) is 11.0 Å². The molecular formula is C23H24N4O2. The molecule has 0 unspecified atom stereocenters. The molecule has 1 aliphatic heterocycles. The maximum Gasteiger partial charge on any atom is 0.272 e. The van der Waals surface area contributed by atoms with Crippen LogP contribution in [-0.4, -0.2) is 47.1 Å². The van der Waals surface area contributed by atoms with Gasteiger partial charge in [-0.1, -0.05) is 60.2 Å². The molecule has 0 aliphatic carbocycles. The van der Waals surface area contributed by atoms with E-state index in [1.807, 2.05) is 36.4 Å². The molecule has 0 saturated carbocycles. The highest BCUT2D eigenvalue weighted by molar-refractivity contribution is 5.93. The second kappa shape index (κ2) is 8.84. The van der Waals surface area contributed by atoms with Gasteiger partial charge in [-0.3, -0.25) is 4.79 Å². The molecule has 0 radical (unpaired) electrons. The Morgan fingerprint density at radius 1 is 1.03 bits per heavy atom. The average molecular weight is 388 g/mol. The predicted molar refractivity (Wildman–Crippen MR) is 113 cm³/mol. The van der Waals surface area contributed by atoms with E-state index in [0.29, 0.717) is 50.2 Å². The number of anilines is 1. The van der Waals surface area contributed by atoms with Crippen molar-refractivity contribution in [3.63, 3.8) is 0 Å². The molecule has 1 amide bonds. The van der Waals surface area contributed by atoms with Gasteiger partial charge in [0.1, 0.15) is 11.5 Å². The molecule has 0 spiro atoms. The number of hydrogen-bond donors (Lipinski definition) is 1. The fourth-order valence-corrected chi connectivity index (χ4v) is 3.31. The molecule has 2 heterocycles. The molecule has 0 bridgehead atoms. The Labute approximate surface area is 170 Å². The predicted octanol–water partition coefficient (Wildman–Crippen LogP) is 3.54. The lowest BCUT2D eigenvalue weighted by atomic mass is 10.1. The Balaban J connectivity index is 1.63. The summed E-state index contributed by atoms with van der Waals surface area (Å²) in [6.45, 7) is 4.96. The number of nitrogens with one attached hydrogen (secondary N) is 1. The summed E-state index contributed by atoms with van der Waals surface area (Å²) >= 11 is 0. The third kappa shape index (κ3) is 4.78. The highest BCUT2D eigenvalue weighted by Crippen LogP contribution is 2.20. The summed E-state index contributed by atoms with van der Waals surface area (Å²) in [6, 6.07) is 19.8. The van der Waals surface area contributed by atoms with Gasteiger partial charge in [0.2, 0.25) is 0 Å². The first kappa shape index (κ1) is 19.1.